The van der Waals surface area contributed by atoms with E-state index >= 15 is 0 Å². The molecular formula is C52H41NO. The van der Waals surface area contributed by atoms with Gasteiger partial charge in [0.2, 0.25) is 0 Å². The molecule has 0 amide bonds. The zero-order chi connectivity index (χ0) is 36.4. The third-order valence-corrected chi connectivity index (χ3v) is 10.7. The number of hydrogen-bond acceptors (Lipinski definition) is 2. The highest BCUT2D eigenvalue weighted by Gasteiger charge is 2.26. The van der Waals surface area contributed by atoms with Crippen molar-refractivity contribution in [2.75, 3.05) is 4.90 Å². The number of rotatable bonds is 8. The normalized spacial score (nSPS) is 14.3. The van der Waals surface area contributed by atoms with Crippen molar-refractivity contribution in [3.8, 4) is 0 Å². The summed E-state index contributed by atoms with van der Waals surface area (Å²) in [5.74, 6) is 0.808. The van der Waals surface area contributed by atoms with Crippen LogP contribution in [0, 0.1) is 0 Å². The van der Waals surface area contributed by atoms with Gasteiger partial charge in [0.1, 0.15) is 11.3 Å². The van der Waals surface area contributed by atoms with E-state index in [-0.39, 0.29) is 0 Å². The average molecular weight is 696 g/mol. The van der Waals surface area contributed by atoms with E-state index in [1.54, 1.807) is 0 Å². The predicted molar refractivity (Wildman–Crippen MR) is 231 cm³/mol. The Labute approximate surface area is 317 Å². The maximum absolute atomic E-state index is 6.69. The Hall–Kier alpha value is -6.64. The Morgan fingerprint density at radius 1 is 0.630 bits per heavy atom. The summed E-state index contributed by atoms with van der Waals surface area (Å²) in [6.07, 6.45) is 23.7. The number of benzene rings is 6. The highest BCUT2D eigenvalue weighted by molar-refractivity contribution is 5.99. The molecule has 2 nitrogen and oxygen atoms in total. The third-order valence-electron chi connectivity index (χ3n) is 10.7. The van der Waals surface area contributed by atoms with Crippen LogP contribution < -0.4 is 15.3 Å². The van der Waals surface area contributed by atoms with Crippen molar-refractivity contribution in [3.05, 3.63) is 214 Å². The summed E-state index contributed by atoms with van der Waals surface area (Å²) in [6.45, 7) is 8.07. The number of nitrogens with zero attached hydrogens (tertiary/aromatic N) is 1. The summed E-state index contributed by atoms with van der Waals surface area (Å²) in [6, 6.07) is 43.4. The summed E-state index contributed by atoms with van der Waals surface area (Å²) in [4.78, 5) is 2.45. The van der Waals surface area contributed by atoms with Gasteiger partial charge in [-0.25, -0.2) is 0 Å². The molecule has 0 bridgehead atoms. The van der Waals surface area contributed by atoms with Crippen molar-refractivity contribution in [2.45, 2.75) is 25.7 Å². The van der Waals surface area contributed by atoms with Crippen LogP contribution in [0.2, 0.25) is 0 Å². The van der Waals surface area contributed by atoms with Crippen LogP contribution in [0.1, 0.15) is 52.0 Å². The number of anilines is 3. The second kappa shape index (κ2) is 14.4. The molecule has 260 valence electrons. The highest BCUT2D eigenvalue weighted by atomic mass is 16.3. The van der Waals surface area contributed by atoms with E-state index in [1.165, 1.54) is 33.3 Å². The molecule has 2 heteroatoms. The predicted octanol–water partition coefficient (Wildman–Crippen LogP) is 12.4. The smallest absolute Gasteiger partial charge is 0.136 e. The first kappa shape index (κ1) is 33.2. The average Bonchev–Trinajstić information content (AvgIpc) is 3.63. The van der Waals surface area contributed by atoms with Gasteiger partial charge >= 0.3 is 0 Å². The fraction of sp³-hybridized carbons (Fsp3) is 0.0769. The van der Waals surface area contributed by atoms with E-state index in [0.29, 0.717) is 0 Å². The zero-order valence-electron chi connectivity index (χ0n) is 30.3. The van der Waals surface area contributed by atoms with Gasteiger partial charge in [-0.3, -0.25) is 0 Å². The standard InChI is InChI=1S/C52H41NO/c1-3-15-37-17-5-6-18-38(37)31-36-27-29-43(30-28-36)53(50-33-41-21-9-10-22-44(41)45-23-11-12-24-46(45)50)49-26-14-13-25-47(49)48(16-4-2)52-35-42-32-39-19-7-8-20-40(39)34-51(42)54-52/h3-9,12-21,24-35H,1-2,10-11,22-23H2/b37-15-,38-31+,48-16-. The zero-order valence-corrected chi connectivity index (χ0v) is 30.3. The molecule has 0 saturated carbocycles. The van der Waals surface area contributed by atoms with Crippen LogP contribution in [0.25, 0.3) is 51.6 Å². The number of allylic oxidation sites excluding steroid dienone is 5. The minimum Gasteiger partial charge on any atom is -0.456 e. The van der Waals surface area contributed by atoms with E-state index in [1.807, 2.05) is 12.2 Å². The van der Waals surface area contributed by atoms with E-state index in [4.69, 9.17) is 4.42 Å². The van der Waals surface area contributed by atoms with Crippen LogP contribution in [0.15, 0.2) is 169 Å². The van der Waals surface area contributed by atoms with Crippen molar-refractivity contribution in [2.24, 2.45) is 0 Å². The summed E-state index contributed by atoms with van der Waals surface area (Å²) in [5.41, 5.74) is 13.0. The summed E-state index contributed by atoms with van der Waals surface area (Å²) >= 11 is 0. The van der Waals surface area contributed by atoms with Crippen molar-refractivity contribution in [1.82, 2.24) is 0 Å². The molecule has 0 atom stereocenters. The molecule has 9 rings (SSSR count). The molecule has 0 unspecified atom stereocenters. The number of furan rings is 1. The fourth-order valence-electron chi connectivity index (χ4n) is 8.18. The lowest BCUT2D eigenvalue weighted by atomic mass is 9.83. The van der Waals surface area contributed by atoms with Crippen LogP contribution in [0.5, 0.6) is 0 Å². The Bertz CT molecular complexity index is 2750. The molecule has 0 N–H and O–H groups in total. The number of fused-ring (bicyclic) bond motifs is 5. The molecular weight excluding hydrogens is 655 g/mol. The Balaban J connectivity index is 1.25. The topological polar surface area (TPSA) is 16.4 Å². The highest BCUT2D eigenvalue weighted by Crippen LogP contribution is 2.46. The van der Waals surface area contributed by atoms with Gasteiger partial charge in [0.25, 0.3) is 0 Å². The molecule has 0 radical (unpaired) electrons. The molecule has 54 heavy (non-hydrogen) atoms. The largest absolute Gasteiger partial charge is 0.456 e. The summed E-state index contributed by atoms with van der Waals surface area (Å²) in [5, 5.41) is 5.74. The molecule has 0 fully saturated rings. The van der Waals surface area contributed by atoms with Crippen molar-refractivity contribution in [3.63, 3.8) is 0 Å². The van der Waals surface area contributed by atoms with Gasteiger partial charge in [-0.2, -0.15) is 0 Å². The van der Waals surface area contributed by atoms with Crippen LogP contribution >= 0.6 is 0 Å². The molecule has 0 aliphatic heterocycles. The first-order chi connectivity index (χ1) is 26.7. The Kier molecular flexibility index (Phi) is 8.86. The molecule has 1 aromatic heterocycles. The second-order valence-corrected chi connectivity index (χ2v) is 14.0. The first-order valence-electron chi connectivity index (χ1n) is 18.8. The van der Waals surface area contributed by atoms with E-state index in [9.17, 15) is 0 Å². The minimum atomic E-state index is 0.808. The van der Waals surface area contributed by atoms with Crippen LogP contribution in [-0.4, -0.2) is 0 Å². The third kappa shape index (κ3) is 6.16. The molecule has 6 aromatic carbocycles. The van der Waals surface area contributed by atoms with Crippen LogP contribution in [0.4, 0.5) is 17.1 Å². The number of hydrogen-bond donors (Lipinski definition) is 0. The summed E-state index contributed by atoms with van der Waals surface area (Å²) in [7, 11) is 0. The van der Waals surface area contributed by atoms with Crippen molar-refractivity contribution < 1.29 is 4.42 Å². The lowest BCUT2D eigenvalue weighted by Gasteiger charge is -2.33. The molecule has 7 aromatic rings. The van der Waals surface area contributed by atoms with Gasteiger partial charge in [-0.1, -0.05) is 141 Å². The van der Waals surface area contributed by atoms with Gasteiger partial charge < -0.3 is 9.32 Å². The van der Waals surface area contributed by atoms with E-state index < -0.39 is 0 Å². The Morgan fingerprint density at radius 2 is 1.35 bits per heavy atom. The van der Waals surface area contributed by atoms with E-state index in [2.05, 4.69) is 182 Å². The second-order valence-electron chi connectivity index (χ2n) is 14.0. The van der Waals surface area contributed by atoms with Crippen LogP contribution in [0.3, 0.4) is 0 Å². The van der Waals surface area contributed by atoms with Crippen LogP contribution in [-0.2, 0) is 12.8 Å². The van der Waals surface area contributed by atoms with Crippen molar-refractivity contribution in [1.29, 1.82) is 0 Å². The van der Waals surface area contributed by atoms with Gasteiger partial charge in [-0.05, 0) is 118 Å². The van der Waals surface area contributed by atoms with Gasteiger partial charge in [0, 0.05) is 27.8 Å². The maximum Gasteiger partial charge on any atom is 0.136 e. The quantitative estimate of drug-likeness (QED) is 0.147. The first-order valence-corrected chi connectivity index (χ1v) is 18.8. The van der Waals surface area contributed by atoms with Crippen molar-refractivity contribution >= 4 is 68.7 Å². The fourth-order valence-corrected chi connectivity index (χ4v) is 8.18. The lowest BCUT2D eigenvalue weighted by molar-refractivity contribution is 0.601. The molecule has 1 heterocycles. The van der Waals surface area contributed by atoms with E-state index in [0.717, 1.165) is 86.3 Å². The van der Waals surface area contributed by atoms with Gasteiger partial charge in [0.15, 0.2) is 0 Å². The number of para-hydroxylation sites is 1. The van der Waals surface area contributed by atoms with Gasteiger partial charge in [-0.15, -0.1) is 0 Å². The molecule has 2 aliphatic rings. The minimum absolute atomic E-state index is 0.808. The lowest BCUT2D eigenvalue weighted by Crippen LogP contribution is -2.23. The Morgan fingerprint density at radius 3 is 2.17 bits per heavy atom. The monoisotopic (exact) mass is 695 g/mol. The molecule has 2 aliphatic carbocycles. The van der Waals surface area contributed by atoms with Gasteiger partial charge in [0.05, 0.1) is 11.4 Å². The molecule has 0 spiro atoms. The maximum atomic E-state index is 6.69. The molecule has 0 saturated heterocycles. The SMILES string of the molecule is C=C/C=C(\c1cc2cc3ccccc3cc2o1)c1ccccc1N(c1ccc(/C=c2\cccc\c2=C\C=C)cc1)c1cc2c(c3c1C=CCC3)CCC=C2. The summed E-state index contributed by atoms with van der Waals surface area (Å²) < 4.78 is 6.69.